The van der Waals surface area contributed by atoms with Crippen molar-refractivity contribution in [1.29, 1.82) is 0 Å². The van der Waals surface area contributed by atoms with Crippen molar-refractivity contribution in [3.63, 3.8) is 0 Å². The van der Waals surface area contributed by atoms with Gasteiger partial charge in [-0.05, 0) is 26.2 Å². The number of imidazole rings is 1. The summed E-state index contributed by atoms with van der Waals surface area (Å²) >= 11 is 5.95. The highest BCUT2D eigenvalue weighted by Gasteiger charge is 2.03. The number of rotatable bonds is 3. The molecule has 15 heavy (non-hydrogen) atoms. The van der Waals surface area contributed by atoms with Gasteiger partial charge in [-0.3, -0.25) is 0 Å². The number of hydrogen-bond donors (Lipinski definition) is 0. The van der Waals surface area contributed by atoms with Crippen LogP contribution in [0.25, 0.3) is 5.52 Å². The van der Waals surface area contributed by atoms with Gasteiger partial charge in [0.2, 0.25) is 0 Å². The number of hydrogen-bond acceptors (Lipinski definition) is 2. The molecule has 0 N–H and O–H groups in total. The number of likely N-dealkylation sites (N-methyl/N-ethyl adjacent to an activating group) is 1. The van der Waals surface area contributed by atoms with Crippen molar-refractivity contribution in [3.05, 3.63) is 35.4 Å². The zero-order valence-electron chi connectivity index (χ0n) is 8.94. The lowest BCUT2D eigenvalue weighted by Crippen LogP contribution is -2.16. The molecule has 0 aliphatic heterocycles. The Kier molecular flexibility index (Phi) is 2.93. The van der Waals surface area contributed by atoms with Crippen LogP contribution in [0.15, 0.2) is 24.5 Å². The van der Waals surface area contributed by atoms with Gasteiger partial charge in [-0.25, -0.2) is 4.98 Å². The van der Waals surface area contributed by atoms with Crippen molar-refractivity contribution in [3.8, 4) is 0 Å². The molecule has 4 heteroatoms. The molecule has 0 aliphatic carbocycles. The Morgan fingerprint density at radius 3 is 2.93 bits per heavy atom. The van der Waals surface area contributed by atoms with Crippen molar-refractivity contribution >= 4 is 17.1 Å². The van der Waals surface area contributed by atoms with E-state index in [0.717, 1.165) is 29.3 Å². The molecular weight excluding hydrogens is 210 g/mol. The van der Waals surface area contributed by atoms with Crippen molar-refractivity contribution in [2.24, 2.45) is 0 Å². The Bertz CT molecular complexity index is 462. The Morgan fingerprint density at radius 2 is 2.20 bits per heavy atom. The Labute approximate surface area is 94.3 Å². The molecule has 0 fully saturated rings. The second-order valence-electron chi connectivity index (χ2n) is 3.87. The third-order valence-electron chi connectivity index (χ3n) is 2.35. The summed E-state index contributed by atoms with van der Waals surface area (Å²) in [5, 5.41) is 0.742. The standard InChI is InChI=1S/C11H14ClN3/c1-14(2)6-5-11-13-7-10-4-3-9(12)8-15(10)11/h3-4,7-8H,5-6H2,1-2H3. The average Bonchev–Trinajstić information content (AvgIpc) is 2.57. The van der Waals surface area contributed by atoms with Gasteiger partial charge in [0.05, 0.1) is 16.7 Å². The molecule has 0 aliphatic rings. The second-order valence-corrected chi connectivity index (χ2v) is 4.31. The quantitative estimate of drug-likeness (QED) is 0.795. The van der Waals surface area contributed by atoms with E-state index in [0.29, 0.717) is 0 Å². The predicted octanol–water partition coefficient (Wildman–Crippen LogP) is 2.09. The maximum absolute atomic E-state index is 5.95. The van der Waals surface area contributed by atoms with Crippen LogP contribution in [-0.4, -0.2) is 34.9 Å². The minimum Gasteiger partial charge on any atom is -0.309 e. The molecule has 0 radical (unpaired) electrons. The van der Waals surface area contributed by atoms with E-state index in [1.807, 2.05) is 28.9 Å². The smallest absolute Gasteiger partial charge is 0.114 e. The highest BCUT2D eigenvalue weighted by Crippen LogP contribution is 2.13. The number of halogens is 1. The topological polar surface area (TPSA) is 20.5 Å². The number of aromatic nitrogens is 2. The first kappa shape index (κ1) is 10.5. The molecule has 0 unspecified atom stereocenters. The zero-order valence-corrected chi connectivity index (χ0v) is 9.70. The molecule has 3 nitrogen and oxygen atoms in total. The van der Waals surface area contributed by atoms with Gasteiger partial charge in [0.15, 0.2) is 0 Å². The molecule has 0 saturated carbocycles. The van der Waals surface area contributed by atoms with Crippen molar-refractivity contribution in [2.45, 2.75) is 6.42 Å². The van der Waals surface area contributed by atoms with Crippen molar-refractivity contribution in [1.82, 2.24) is 14.3 Å². The van der Waals surface area contributed by atoms with Gasteiger partial charge in [-0.2, -0.15) is 0 Å². The molecule has 0 bridgehead atoms. The van der Waals surface area contributed by atoms with E-state index in [1.54, 1.807) is 0 Å². The fourth-order valence-corrected chi connectivity index (χ4v) is 1.69. The molecular formula is C11H14ClN3. The van der Waals surface area contributed by atoms with Crippen LogP contribution in [0.2, 0.25) is 5.02 Å². The lowest BCUT2D eigenvalue weighted by molar-refractivity contribution is 0.409. The molecule has 0 amide bonds. The Balaban J connectivity index is 2.31. The minimum absolute atomic E-state index is 0.742. The van der Waals surface area contributed by atoms with Gasteiger partial charge in [-0.1, -0.05) is 11.6 Å². The van der Waals surface area contributed by atoms with Gasteiger partial charge >= 0.3 is 0 Å². The molecule has 0 spiro atoms. The number of fused-ring (bicyclic) bond motifs is 1. The summed E-state index contributed by atoms with van der Waals surface area (Å²) in [6, 6.07) is 3.86. The van der Waals surface area contributed by atoms with E-state index < -0.39 is 0 Å². The summed E-state index contributed by atoms with van der Waals surface area (Å²) in [5.74, 6) is 1.06. The molecule has 2 heterocycles. The fraction of sp³-hybridized carbons (Fsp3) is 0.364. The third kappa shape index (κ3) is 2.30. The average molecular weight is 224 g/mol. The summed E-state index contributed by atoms with van der Waals surface area (Å²) in [5.41, 5.74) is 1.09. The van der Waals surface area contributed by atoms with Crippen LogP contribution >= 0.6 is 11.6 Å². The van der Waals surface area contributed by atoms with E-state index >= 15 is 0 Å². The molecule has 2 aromatic rings. The third-order valence-corrected chi connectivity index (χ3v) is 2.57. The van der Waals surface area contributed by atoms with Gasteiger partial charge in [0.1, 0.15) is 5.82 Å². The first-order valence-corrected chi connectivity index (χ1v) is 5.31. The van der Waals surface area contributed by atoms with Gasteiger partial charge in [-0.15, -0.1) is 0 Å². The normalized spacial score (nSPS) is 11.5. The van der Waals surface area contributed by atoms with Crippen LogP contribution in [0.3, 0.4) is 0 Å². The number of pyridine rings is 1. The summed E-state index contributed by atoms with van der Waals surface area (Å²) in [6.45, 7) is 0.992. The Morgan fingerprint density at radius 1 is 1.40 bits per heavy atom. The van der Waals surface area contributed by atoms with Crippen molar-refractivity contribution in [2.75, 3.05) is 20.6 Å². The summed E-state index contributed by atoms with van der Waals surface area (Å²) in [4.78, 5) is 6.53. The maximum atomic E-state index is 5.95. The predicted molar refractivity (Wildman–Crippen MR) is 62.5 cm³/mol. The molecule has 80 valence electrons. The first-order chi connectivity index (χ1) is 7.16. The summed E-state index contributed by atoms with van der Waals surface area (Å²) in [6.07, 6.45) is 4.72. The van der Waals surface area contributed by atoms with Crippen LogP contribution in [0, 0.1) is 0 Å². The van der Waals surface area contributed by atoms with Gasteiger partial charge < -0.3 is 9.30 Å². The molecule has 2 rings (SSSR count). The van der Waals surface area contributed by atoms with Crippen LogP contribution in [0.5, 0.6) is 0 Å². The maximum Gasteiger partial charge on any atom is 0.114 e. The molecule has 2 aromatic heterocycles. The largest absolute Gasteiger partial charge is 0.309 e. The summed E-state index contributed by atoms with van der Waals surface area (Å²) < 4.78 is 2.05. The van der Waals surface area contributed by atoms with Crippen LogP contribution in [-0.2, 0) is 6.42 Å². The Hall–Kier alpha value is -1.06. The second kappa shape index (κ2) is 4.21. The number of nitrogens with zero attached hydrogens (tertiary/aromatic N) is 3. The SMILES string of the molecule is CN(C)CCc1ncc2ccc(Cl)cn12. The molecule has 0 atom stereocenters. The highest BCUT2D eigenvalue weighted by atomic mass is 35.5. The molecule has 0 aromatic carbocycles. The van der Waals surface area contributed by atoms with Gasteiger partial charge in [0.25, 0.3) is 0 Å². The minimum atomic E-state index is 0.742. The summed E-state index contributed by atoms with van der Waals surface area (Å²) in [7, 11) is 4.12. The van der Waals surface area contributed by atoms with E-state index in [1.165, 1.54) is 0 Å². The van der Waals surface area contributed by atoms with E-state index in [4.69, 9.17) is 11.6 Å². The molecule has 0 saturated heterocycles. The van der Waals surface area contributed by atoms with Crippen LogP contribution < -0.4 is 0 Å². The fourth-order valence-electron chi connectivity index (χ4n) is 1.53. The first-order valence-electron chi connectivity index (χ1n) is 4.93. The van der Waals surface area contributed by atoms with Crippen LogP contribution in [0.1, 0.15) is 5.82 Å². The van der Waals surface area contributed by atoms with Crippen molar-refractivity contribution < 1.29 is 0 Å². The van der Waals surface area contributed by atoms with Crippen LogP contribution in [0.4, 0.5) is 0 Å². The van der Waals surface area contributed by atoms with E-state index in [-0.39, 0.29) is 0 Å². The highest BCUT2D eigenvalue weighted by molar-refractivity contribution is 6.30. The lowest BCUT2D eigenvalue weighted by Gasteiger charge is -2.08. The van der Waals surface area contributed by atoms with Gasteiger partial charge in [0, 0.05) is 19.2 Å². The lowest BCUT2D eigenvalue weighted by atomic mass is 10.3. The zero-order chi connectivity index (χ0) is 10.8. The van der Waals surface area contributed by atoms with E-state index in [2.05, 4.69) is 24.0 Å². The van der Waals surface area contributed by atoms with E-state index in [9.17, 15) is 0 Å². The monoisotopic (exact) mass is 223 g/mol.